The summed E-state index contributed by atoms with van der Waals surface area (Å²) in [5.41, 5.74) is -0.418. The zero-order chi connectivity index (χ0) is 15.3. The lowest BCUT2D eigenvalue weighted by atomic mass is 10.1. The van der Waals surface area contributed by atoms with Crippen LogP contribution >= 0.6 is 15.9 Å². The zero-order valence-corrected chi connectivity index (χ0v) is 13.4. The average Bonchev–Trinajstić information content (AvgIpc) is 2.25. The summed E-state index contributed by atoms with van der Waals surface area (Å²) < 4.78 is 5.59. The van der Waals surface area contributed by atoms with Crippen molar-refractivity contribution < 1.29 is 14.3 Å². The van der Waals surface area contributed by atoms with Crippen molar-refractivity contribution in [3.05, 3.63) is 22.8 Å². The molecule has 0 bridgehead atoms. The fraction of sp³-hybridized carbons (Fsp3) is 0.462. The van der Waals surface area contributed by atoms with Gasteiger partial charge in [0, 0.05) is 5.54 Å². The van der Waals surface area contributed by atoms with Crippen LogP contribution in [-0.4, -0.2) is 28.6 Å². The molecule has 0 aromatic carbocycles. The zero-order valence-electron chi connectivity index (χ0n) is 11.9. The van der Waals surface area contributed by atoms with Crippen LogP contribution in [-0.2, 0) is 9.53 Å². The number of pyridine rings is 1. The number of halogens is 1. The van der Waals surface area contributed by atoms with Gasteiger partial charge in [-0.2, -0.15) is 0 Å². The number of aromatic nitrogens is 1. The third kappa shape index (κ3) is 6.01. The van der Waals surface area contributed by atoms with Crippen molar-refractivity contribution in [2.75, 3.05) is 5.32 Å². The summed E-state index contributed by atoms with van der Waals surface area (Å²) in [6, 6.07) is 5.13. The maximum Gasteiger partial charge on any atom is 0.408 e. The highest BCUT2D eigenvalue weighted by molar-refractivity contribution is 9.10. The van der Waals surface area contributed by atoms with Crippen LogP contribution in [0.3, 0.4) is 0 Å². The van der Waals surface area contributed by atoms with Gasteiger partial charge in [-0.1, -0.05) is 6.07 Å². The number of ether oxygens (including phenoxy) is 1. The Morgan fingerprint density at radius 3 is 2.55 bits per heavy atom. The van der Waals surface area contributed by atoms with E-state index in [1.54, 1.807) is 18.2 Å². The quantitative estimate of drug-likeness (QED) is 0.827. The Kier molecular flexibility index (Phi) is 5.50. The van der Waals surface area contributed by atoms with Gasteiger partial charge in [-0.15, -0.1) is 0 Å². The maximum atomic E-state index is 11.9. The molecule has 1 atom stereocenters. The normalized spacial score (nSPS) is 12.4. The number of nitrogens with one attached hydrogen (secondary N) is 2. The van der Waals surface area contributed by atoms with Crippen LogP contribution in [0.4, 0.5) is 10.6 Å². The van der Waals surface area contributed by atoms with E-state index in [0.29, 0.717) is 10.4 Å². The molecule has 110 valence electrons. The van der Waals surface area contributed by atoms with Gasteiger partial charge in [-0.25, -0.2) is 9.78 Å². The molecular formula is C13H18BrN3O3. The molecule has 0 aliphatic heterocycles. The first-order valence-corrected chi connectivity index (χ1v) is 6.89. The minimum Gasteiger partial charge on any atom is -0.436 e. The number of hydrogen-bond donors (Lipinski definition) is 2. The highest BCUT2D eigenvalue weighted by Crippen LogP contribution is 2.10. The lowest BCUT2D eigenvalue weighted by Crippen LogP contribution is -2.43. The second kappa shape index (κ2) is 6.69. The Bertz CT molecular complexity index is 500. The van der Waals surface area contributed by atoms with Crippen LogP contribution in [0.25, 0.3) is 0 Å². The van der Waals surface area contributed by atoms with Gasteiger partial charge >= 0.3 is 6.09 Å². The summed E-state index contributed by atoms with van der Waals surface area (Å²) in [4.78, 5) is 27.5. The van der Waals surface area contributed by atoms with Gasteiger partial charge in [0.05, 0.1) is 0 Å². The summed E-state index contributed by atoms with van der Waals surface area (Å²) in [5.74, 6) is -0.0595. The molecule has 1 heterocycles. The third-order valence-electron chi connectivity index (χ3n) is 2.10. The number of nitrogens with zero attached hydrogens (tertiary/aromatic N) is 1. The van der Waals surface area contributed by atoms with E-state index in [1.165, 1.54) is 6.92 Å². The van der Waals surface area contributed by atoms with Crippen molar-refractivity contribution in [2.45, 2.75) is 39.3 Å². The van der Waals surface area contributed by atoms with E-state index >= 15 is 0 Å². The van der Waals surface area contributed by atoms with Crippen LogP contribution < -0.4 is 10.6 Å². The van der Waals surface area contributed by atoms with Gasteiger partial charge in [-0.3, -0.25) is 4.79 Å². The lowest BCUT2D eigenvalue weighted by molar-refractivity contribution is -0.123. The van der Waals surface area contributed by atoms with Gasteiger partial charge in [0.1, 0.15) is 10.4 Å². The lowest BCUT2D eigenvalue weighted by Gasteiger charge is -2.21. The van der Waals surface area contributed by atoms with Crippen molar-refractivity contribution in [2.24, 2.45) is 0 Å². The van der Waals surface area contributed by atoms with Gasteiger partial charge in [-0.05, 0) is 55.8 Å². The average molecular weight is 344 g/mol. The summed E-state index contributed by atoms with van der Waals surface area (Å²) >= 11 is 3.20. The molecule has 0 radical (unpaired) electrons. The molecule has 2 N–H and O–H groups in total. The van der Waals surface area contributed by atoms with Crippen molar-refractivity contribution >= 4 is 33.7 Å². The van der Waals surface area contributed by atoms with Gasteiger partial charge < -0.3 is 15.4 Å². The first-order chi connectivity index (χ1) is 9.17. The molecule has 0 spiro atoms. The summed E-state index contributed by atoms with van der Waals surface area (Å²) in [6.07, 6.45) is -1.56. The monoisotopic (exact) mass is 343 g/mol. The number of carbonyl (C=O) groups is 2. The van der Waals surface area contributed by atoms with Crippen molar-refractivity contribution in [1.82, 2.24) is 10.3 Å². The first-order valence-electron chi connectivity index (χ1n) is 6.09. The highest BCUT2D eigenvalue weighted by atomic mass is 79.9. The molecule has 7 heteroatoms. The molecule has 1 aromatic rings. The SMILES string of the molecule is C[C@H](OC(=O)NC(C)(C)C)C(=O)Nc1cccc(Br)n1. The van der Waals surface area contributed by atoms with E-state index in [-0.39, 0.29) is 0 Å². The van der Waals surface area contributed by atoms with E-state index in [1.807, 2.05) is 20.8 Å². The fourth-order valence-electron chi connectivity index (χ4n) is 1.26. The number of hydrogen-bond acceptors (Lipinski definition) is 4. The molecule has 1 aromatic heterocycles. The molecule has 0 aliphatic carbocycles. The van der Waals surface area contributed by atoms with Crippen molar-refractivity contribution in [1.29, 1.82) is 0 Å². The second-order valence-corrected chi connectivity index (χ2v) is 6.07. The molecule has 0 unspecified atom stereocenters. The molecule has 0 fully saturated rings. The van der Waals surface area contributed by atoms with Crippen molar-refractivity contribution in [3.63, 3.8) is 0 Å². The van der Waals surface area contributed by atoms with Crippen molar-refractivity contribution in [3.8, 4) is 0 Å². The molecule has 2 amide bonds. The van der Waals surface area contributed by atoms with Gasteiger partial charge in [0.25, 0.3) is 5.91 Å². The molecular weight excluding hydrogens is 326 g/mol. The molecule has 0 saturated carbocycles. The molecule has 0 saturated heterocycles. The van der Waals surface area contributed by atoms with Gasteiger partial charge in [0.15, 0.2) is 6.10 Å². The predicted octanol–water partition coefficient (Wildman–Crippen LogP) is 2.70. The maximum absolute atomic E-state index is 11.9. The Labute approximate surface area is 126 Å². The van der Waals surface area contributed by atoms with Crippen LogP contribution in [0, 0.1) is 0 Å². The standard InChI is InChI=1S/C13H18BrN3O3/c1-8(20-12(19)17-13(2,3)4)11(18)16-10-7-5-6-9(14)15-10/h5-8H,1-4H3,(H,17,19)(H,15,16,18)/t8-/m0/s1. The van der Waals surface area contributed by atoms with E-state index in [4.69, 9.17) is 4.74 Å². The minimum absolute atomic E-state index is 0.385. The summed E-state index contributed by atoms with van der Waals surface area (Å²) in [5, 5.41) is 5.18. The number of rotatable bonds is 3. The highest BCUT2D eigenvalue weighted by Gasteiger charge is 2.21. The fourth-order valence-corrected chi connectivity index (χ4v) is 1.60. The number of amides is 2. The number of anilines is 1. The predicted molar refractivity (Wildman–Crippen MR) is 79.4 cm³/mol. The Morgan fingerprint density at radius 1 is 1.35 bits per heavy atom. The summed E-state index contributed by atoms with van der Waals surface area (Å²) in [6.45, 7) is 6.97. The van der Waals surface area contributed by atoms with Crippen LogP contribution in [0.2, 0.25) is 0 Å². The van der Waals surface area contributed by atoms with E-state index in [2.05, 4.69) is 31.5 Å². The first kappa shape index (κ1) is 16.4. The smallest absolute Gasteiger partial charge is 0.408 e. The molecule has 6 nitrogen and oxygen atoms in total. The van der Waals surface area contributed by atoms with Crippen LogP contribution in [0.1, 0.15) is 27.7 Å². The summed E-state index contributed by atoms with van der Waals surface area (Å²) in [7, 11) is 0. The molecule has 1 rings (SSSR count). The topological polar surface area (TPSA) is 80.3 Å². The molecule has 20 heavy (non-hydrogen) atoms. The van der Waals surface area contributed by atoms with E-state index in [0.717, 1.165) is 0 Å². The van der Waals surface area contributed by atoms with E-state index < -0.39 is 23.6 Å². The Balaban J connectivity index is 2.53. The van der Waals surface area contributed by atoms with Crippen LogP contribution in [0.15, 0.2) is 22.8 Å². The Morgan fingerprint density at radius 2 is 2.00 bits per heavy atom. The largest absolute Gasteiger partial charge is 0.436 e. The third-order valence-corrected chi connectivity index (χ3v) is 2.54. The Hall–Kier alpha value is -1.63. The number of carbonyl (C=O) groups excluding carboxylic acids is 2. The molecule has 0 aliphatic rings. The minimum atomic E-state index is -0.918. The van der Waals surface area contributed by atoms with Crippen LogP contribution in [0.5, 0.6) is 0 Å². The number of alkyl carbamates (subject to hydrolysis) is 1. The van der Waals surface area contributed by atoms with E-state index in [9.17, 15) is 9.59 Å². The van der Waals surface area contributed by atoms with Gasteiger partial charge in [0.2, 0.25) is 0 Å². The second-order valence-electron chi connectivity index (χ2n) is 5.26.